The maximum atomic E-state index is 13.7. The van der Waals surface area contributed by atoms with Crippen LogP contribution in [0.15, 0.2) is 29.8 Å². The molecule has 1 aliphatic heterocycles. The van der Waals surface area contributed by atoms with Crippen molar-refractivity contribution in [1.82, 2.24) is 20.5 Å². The quantitative estimate of drug-likeness (QED) is 0.159. The van der Waals surface area contributed by atoms with Crippen LogP contribution in [-0.4, -0.2) is 62.5 Å². The normalized spacial score (nSPS) is 18.5. The van der Waals surface area contributed by atoms with Gasteiger partial charge in [-0.2, -0.15) is 0 Å². The van der Waals surface area contributed by atoms with E-state index in [0.717, 1.165) is 41.1 Å². The van der Waals surface area contributed by atoms with Crippen LogP contribution in [0.4, 0.5) is 0 Å². The minimum Gasteiger partial charge on any atom is -0.391 e. The van der Waals surface area contributed by atoms with E-state index in [1.54, 1.807) is 16.2 Å². The van der Waals surface area contributed by atoms with E-state index in [0.29, 0.717) is 6.54 Å². The van der Waals surface area contributed by atoms with Crippen LogP contribution in [0.3, 0.4) is 0 Å². The van der Waals surface area contributed by atoms with Crippen LogP contribution >= 0.6 is 33.9 Å². The van der Waals surface area contributed by atoms with Gasteiger partial charge in [0.15, 0.2) is 0 Å². The predicted octanol–water partition coefficient (Wildman–Crippen LogP) is 5.09. The fourth-order valence-electron chi connectivity index (χ4n) is 4.89. The summed E-state index contributed by atoms with van der Waals surface area (Å²) in [5, 5.41) is 16.9. The lowest BCUT2D eigenvalue weighted by Crippen LogP contribution is -2.56. The molecule has 3 atom stereocenters. The molecule has 0 aliphatic carbocycles. The van der Waals surface area contributed by atoms with Crippen LogP contribution in [-0.2, 0) is 16.1 Å². The summed E-state index contributed by atoms with van der Waals surface area (Å²) < 4.78 is 1.20. The molecule has 1 aromatic carbocycles. The highest BCUT2D eigenvalue weighted by atomic mass is 127. The second kappa shape index (κ2) is 14.7. The maximum absolute atomic E-state index is 13.7. The lowest BCUT2D eigenvalue weighted by molar-refractivity contribution is -0.142. The summed E-state index contributed by atoms with van der Waals surface area (Å²) in [5.41, 5.74) is 4.63. The molecule has 3 rings (SSSR count). The fourth-order valence-corrected chi connectivity index (χ4v) is 6.24. The molecule has 7 nitrogen and oxygen atoms in total. The third-order valence-corrected chi connectivity index (χ3v) is 8.81. The van der Waals surface area contributed by atoms with Crippen molar-refractivity contribution in [2.24, 2.45) is 5.41 Å². The summed E-state index contributed by atoms with van der Waals surface area (Å²) in [6.07, 6.45) is 5.46. The van der Waals surface area contributed by atoms with E-state index in [2.05, 4.69) is 38.2 Å². The molecule has 38 heavy (non-hydrogen) atoms. The second-order valence-electron chi connectivity index (χ2n) is 11.3. The average molecular weight is 655 g/mol. The van der Waals surface area contributed by atoms with Crippen molar-refractivity contribution in [1.29, 1.82) is 0 Å². The Morgan fingerprint density at radius 3 is 2.47 bits per heavy atom. The SMILES string of the molecule is Cc1ncsc1-c1ccc(CNC(=O)[C@@H]2C[C@@H](O)CN2C(=O)C(NCCCCCCCI)C(C)(C)C)cc1. The first-order chi connectivity index (χ1) is 18.1. The molecule has 1 fully saturated rings. The lowest BCUT2D eigenvalue weighted by Gasteiger charge is -2.35. The Balaban J connectivity index is 1.57. The summed E-state index contributed by atoms with van der Waals surface area (Å²) >= 11 is 4.03. The van der Waals surface area contributed by atoms with E-state index in [-0.39, 0.29) is 30.2 Å². The molecule has 210 valence electrons. The number of thiazole rings is 1. The monoisotopic (exact) mass is 654 g/mol. The first-order valence-electron chi connectivity index (χ1n) is 13.7. The van der Waals surface area contributed by atoms with Gasteiger partial charge in [0, 0.05) is 19.5 Å². The molecule has 0 bridgehead atoms. The Morgan fingerprint density at radius 2 is 1.84 bits per heavy atom. The summed E-state index contributed by atoms with van der Waals surface area (Å²) in [4.78, 5) is 33.9. The number of carbonyl (C=O) groups is 2. The standard InChI is InChI=1S/C29H43IN4O3S/c1-20-25(38-19-33-20)22-12-10-21(11-13-22)17-32-27(36)24-16-23(35)18-34(24)28(37)26(29(2,3)4)31-15-9-7-5-6-8-14-30/h10-13,19,23-24,26,31,35H,5-9,14-18H2,1-4H3,(H,32,36)/t23-,24+,26?/m1/s1. The maximum Gasteiger partial charge on any atom is 0.243 e. The van der Waals surface area contributed by atoms with E-state index in [1.165, 1.54) is 23.7 Å². The molecular formula is C29H43IN4O3S. The molecule has 1 aliphatic rings. The minimum absolute atomic E-state index is 0.108. The molecule has 9 heteroatoms. The molecule has 2 heterocycles. The number of likely N-dealkylation sites (tertiary alicyclic amines) is 1. The Hall–Kier alpha value is -1.56. The largest absolute Gasteiger partial charge is 0.391 e. The molecule has 0 radical (unpaired) electrons. The number of aromatic nitrogens is 1. The van der Waals surface area contributed by atoms with Gasteiger partial charge in [-0.15, -0.1) is 11.3 Å². The zero-order valence-corrected chi connectivity index (χ0v) is 26.1. The number of amides is 2. The van der Waals surface area contributed by atoms with E-state index < -0.39 is 18.2 Å². The van der Waals surface area contributed by atoms with E-state index >= 15 is 0 Å². The molecule has 1 unspecified atom stereocenters. The number of hydrogen-bond donors (Lipinski definition) is 3. The van der Waals surface area contributed by atoms with Crippen molar-refractivity contribution in [2.75, 3.05) is 17.5 Å². The highest BCUT2D eigenvalue weighted by Gasteiger charge is 2.43. The van der Waals surface area contributed by atoms with Gasteiger partial charge in [-0.25, -0.2) is 4.98 Å². The number of nitrogens with zero attached hydrogens (tertiary/aromatic N) is 2. The van der Waals surface area contributed by atoms with E-state index in [9.17, 15) is 14.7 Å². The van der Waals surface area contributed by atoms with Crippen LogP contribution < -0.4 is 10.6 Å². The fraction of sp³-hybridized carbons (Fsp3) is 0.621. The van der Waals surface area contributed by atoms with Crippen molar-refractivity contribution < 1.29 is 14.7 Å². The average Bonchev–Trinajstić information content (AvgIpc) is 3.49. The van der Waals surface area contributed by atoms with Crippen LogP contribution in [0.25, 0.3) is 10.4 Å². The zero-order chi connectivity index (χ0) is 27.7. The number of carbonyl (C=O) groups excluding carboxylic acids is 2. The smallest absolute Gasteiger partial charge is 0.243 e. The molecule has 3 N–H and O–H groups in total. The molecule has 1 aromatic heterocycles. The minimum atomic E-state index is -0.699. The van der Waals surface area contributed by atoms with Crippen LogP contribution in [0.1, 0.15) is 70.6 Å². The number of halogens is 1. The molecule has 1 saturated heterocycles. The summed E-state index contributed by atoms with van der Waals surface area (Å²) in [5.74, 6) is -0.330. The number of alkyl halides is 1. The van der Waals surface area contributed by atoms with Crippen molar-refractivity contribution in [3.05, 3.63) is 41.0 Å². The Bertz CT molecular complexity index is 1040. The third-order valence-electron chi connectivity index (χ3n) is 7.06. The highest BCUT2D eigenvalue weighted by molar-refractivity contribution is 14.1. The first-order valence-corrected chi connectivity index (χ1v) is 16.1. The number of β-amino-alcohol motifs (C(OH)–C–C–N with tert-alkyl or cyclic N) is 1. The topological polar surface area (TPSA) is 94.6 Å². The number of nitrogens with one attached hydrogen (secondary N) is 2. The van der Waals surface area contributed by atoms with Crippen molar-refractivity contribution in [3.8, 4) is 10.4 Å². The molecule has 2 aromatic rings. The zero-order valence-electron chi connectivity index (χ0n) is 23.1. The number of hydrogen-bond acceptors (Lipinski definition) is 6. The predicted molar refractivity (Wildman–Crippen MR) is 163 cm³/mol. The van der Waals surface area contributed by atoms with Crippen LogP contribution in [0.5, 0.6) is 0 Å². The van der Waals surface area contributed by atoms with Gasteiger partial charge in [0.25, 0.3) is 0 Å². The van der Waals surface area contributed by atoms with Gasteiger partial charge in [0.05, 0.1) is 28.2 Å². The van der Waals surface area contributed by atoms with Crippen molar-refractivity contribution in [3.63, 3.8) is 0 Å². The van der Waals surface area contributed by atoms with E-state index in [4.69, 9.17) is 0 Å². The molecule has 0 saturated carbocycles. The number of aliphatic hydroxyl groups is 1. The molecular weight excluding hydrogens is 611 g/mol. The second-order valence-corrected chi connectivity index (χ2v) is 13.2. The van der Waals surface area contributed by atoms with Gasteiger partial charge in [-0.05, 0) is 47.3 Å². The van der Waals surface area contributed by atoms with Crippen LogP contribution in [0.2, 0.25) is 0 Å². The Kier molecular flexibility index (Phi) is 12.0. The number of unbranched alkanes of at least 4 members (excludes halogenated alkanes) is 4. The van der Waals surface area contributed by atoms with Gasteiger partial charge in [0.2, 0.25) is 11.8 Å². The van der Waals surface area contributed by atoms with Gasteiger partial charge in [0.1, 0.15) is 6.04 Å². The van der Waals surface area contributed by atoms with Crippen molar-refractivity contribution in [2.45, 2.75) is 91.0 Å². The molecule has 2 amide bonds. The van der Waals surface area contributed by atoms with E-state index in [1.807, 2.05) is 57.5 Å². The Labute approximate surface area is 245 Å². The summed E-state index contributed by atoms with van der Waals surface area (Å²) in [7, 11) is 0. The number of benzene rings is 1. The van der Waals surface area contributed by atoms with Crippen LogP contribution in [0, 0.1) is 12.3 Å². The number of rotatable bonds is 13. The lowest BCUT2D eigenvalue weighted by atomic mass is 9.85. The van der Waals surface area contributed by atoms with Gasteiger partial charge < -0.3 is 20.6 Å². The van der Waals surface area contributed by atoms with Crippen molar-refractivity contribution >= 4 is 45.7 Å². The summed E-state index contributed by atoms with van der Waals surface area (Å²) in [6, 6.07) is 7.00. The highest BCUT2D eigenvalue weighted by Crippen LogP contribution is 2.28. The third kappa shape index (κ3) is 8.72. The van der Waals surface area contributed by atoms with Gasteiger partial charge in [-0.3, -0.25) is 9.59 Å². The summed E-state index contributed by atoms with van der Waals surface area (Å²) in [6.45, 7) is 9.45. The van der Waals surface area contributed by atoms with Gasteiger partial charge >= 0.3 is 0 Å². The Morgan fingerprint density at radius 1 is 1.16 bits per heavy atom. The first kappa shape index (κ1) is 31.0. The molecule has 0 spiro atoms. The van der Waals surface area contributed by atoms with Gasteiger partial charge in [-0.1, -0.05) is 86.9 Å². The number of aryl methyl sites for hydroxylation is 1. The number of aliphatic hydroxyl groups excluding tert-OH is 1.